The number of para-hydroxylation sites is 1. The molecule has 218 valence electrons. The highest BCUT2D eigenvalue weighted by Gasteiger charge is 2.21. The van der Waals surface area contributed by atoms with Crippen molar-refractivity contribution in [3.8, 4) is 5.75 Å². The van der Waals surface area contributed by atoms with E-state index in [0.717, 1.165) is 47.3 Å². The van der Waals surface area contributed by atoms with E-state index < -0.39 is 10.0 Å². The summed E-state index contributed by atoms with van der Waals surface area (Å²) in [6.45, 7) is 7.15. The Morgan fingerprint density at radius 2 is 1.78 bits per heavy atom. The Morgan fingerprint density at radius 1 is 1.05 bits per heavy atom. The number of fused-ring (bicyclic) bond motifs is 1. The Morgan fingerprint density at radius 3 is 2.51 bits per heavy atom. The number of aromatic nitrogens is 1. The highest BCUT2D eigenvalue weighted by atomic mass is 35.5. The summed E-state index contributed by atoms with van der Waals surface area (Å²) in [5.41, 5.74) is 1.45. The number of anilines is 2. The molecule has 0 bridgehead atoms. The topological polar surface area (TPSA) is 104 Å². The molecule has 0 spiro atoms. The molecule has 0 saturated carbocycles. The van der Waals surface area contributed by atoms with Gasteiger partial charge in [0.05, 0.1) is 33.0 Å². The molecule has 0 atom stereocenters. The third-order valence-electron chi connectivity index (χ3n) is 6.56. The minimum absolute atomic E-state index is 0. The summed E-state index contributed by atoms with van der Waals surface area (Å²) in [5.74, 6) is 0.521. The van der Waals surface area contributed by atoms with Gasteiger partial charge in [-0.15, -0.1) is 12.4 Å². The highest BCUT2D eigenvalue weighted by Crippen LogP contribution is 2.32. The number of halogens is 2. The molecule has 1 aliphatic rings. The quantitative estimate of drug-likeness (QED) is 0.249. The molecule has 1 saturated heterocycles. The van der Waals surface area contributed by atoms with E-state index in [1.54, 1.807) is 35.6 Å². The summed E-state index contributed by atoms with van der Waals surface area (Å²) < 4.78 is 34.9. The van der Waals surface area contributed by atoms with Crippen LogP contribution < -0.4 is 19.7 Å². The van der Waals surface area contributed by atoms with Gasteiger partial charge >= 0.3 is 0 Å². The number of carbonyl (C=O) groups is 1. The van der Waals surface area contributed by atoms with Gasteiger partial charge in [-0.25, -0.2) is 13.4 Å². The summed E-state index contributed by atoms with van der Waals surface area (Å²) in [4.78, 5) is 22.4. The molecule has 0 aliphatic carbocycles. The zero-order valence-corrected chi connectivity index (χ0v) is 25.6. The van der Waals surface area contributed by atoms with Crippen LogP contribution in [0.1, 0.15) is 17.3 Å². The van der Waals surface area contributed by atoms with Crippen LogP contribution in [0.3, 0.4) is 0 Å². The molecule has 5 rings (SSSR count). The number of amides is 1. The van der Waals surface area contributed by atoms with E-state index in [1.807, 2.05) is 25.1 Å². The van der Waals surface area contributed by atoms with E-state index in [4.69, 9.17) is 21.3 Å². The predicted molar refractivity (Wildman–Crippen MR) is 168 cm³/mol. The summed E-state index contributed by atoms with van der Waals surface area (Å²) in [6.07, 6.45) is 0. The number of sulfonamides is 1. The largest absolute Gasteiger partial charge is 0.494 e. The zero-order valence-electron chi connectivity index (χ0n) is 22.4. The molecule has 1 fully saturated rings. The van der Waals surface area contributed by atoms with Crippen LogP contribution in [0, 0.1) is 0 Å². The SMILES string of the molecule is CCOc1ccc2nc(N3CCN(CCNC(=O)c4ccccc4NS(=O)(=O)c4ccc(Cl)cc4)CC3)sc2c1.Cl. The van der Waals surface area contributed by atoms with Gasteiger partial charge in [0, 0.05) is 44.3 Å². The molecule has 2 N–H and O–H groups in total. The summed E-state index contributed by atoms with van der Waals surface area (Å²) >= 11 is 7.55. The summed E-state index contributed by atoms with van der Waals surface area (Å²) in [5, 5.41) is 4.37. The van der Waals surface area contributed by atoms with Gasteiger partial charge in [0.25, 0.3) is 15.9 Å². The molecule has 0 unspecified atom stereocenters. The monoisotopic (exact) mass is 635 g/mol. The molecule has 1 aliphatic heterocycles. The van der Waals surface area contributed by atoms with E-state index in [2.05, 4.69) is 19.8 Å². The van der Waals surface area contributed by atoms with E-state index in [-0.39, 0.29) is 34.5 Å². The first-order chi connectivity index (χ1) is 19.3. The normalized spacial score (nSPS) is 14.0. The lowest BCUT2D eigenvalue weighted by molar-refractivity contribution is 0.0948. The lowest BCUT2D eigenvalue weighted by Gasteiger charge is -2.34. The van der Waals surface area contributed by atoms with Crippen molar-refractivity contribution in [3.63, 3.8) is 0 Å². The number of hydrogen-bond acceptors (Lipinski definition) is 8. The Kier molecular flexibility index (Phi) is 10.3. The standard InChI is InChI=1S/C28H30ClN5O4S2.ClH/c1-2-38-21-9-12-25-26(19-21)39-28(31-25)34-17-15-33(16-18-34)14-13-30-27(35)23-5-3-4-6-24(23)32-40(36,37)22-10-7-20(29)8-11-22;/h3-12,19,32H,2,13-18H2,1H3,(H,30,35);1H. The molecular formula is C28H31Cl2N5O4S2. The van der Waals surface area contributed by atoms with Crippen molar-refractivity contribution < 1.29 is 17.9 Å². The van der Waals surface area contributed by atoms with Gasteiger partial charge in [-0.2, -0.15) is 0 Å². The number of carbonyl (C=O) groups excluding carboxylic acids is 1. The van der Waals surface area contributed by atoms with Crippen molar-refractivity contribution in [1.82, 2.24) is 15.2 Å². The third kappa shape index (κ3) is 7.60. The average Bonchev–Trinajstić information content (AvgIpc) is 3.37. The lowest BCUT2D eigenvalue weighted by atomic mass is 10.1. The van der Waals surface area contributed by atoms with Crippen molar-refractivity contribution >= 4 is 72.3 Å². The fourth-order valence-corrected chi connectivity index (χ4v) is 6.71. The molecule has 1 amide bonds. The first-order valence-electron chi connectivity index (χ1n) is 13.0. The molecule has 0 radical (unpaired) electrons. The number of nitrogens with one attached hydrogen (secondary N) is 2. The van der Waals surface area contributed by atoms with Crippen LogP contribution in [0.15, 0.2) is 71.6 Å². The van der Waals surface area contributed by atoms with Crippen LogP contribution in [0.5, 0.6) is 5.75 Å². The molecule has 2 heterocycles. The van der Waals surface area contributed by atoms with Crippen LogP contribution in [-0.2, 0) is 10.0 Å². The Bertz CT molecular complexity index is 1590. The van der Waals surface area contributed by atoms with Gasteiger partial charge in [0.15, 0.2) is 5.13 Å². The second-order valence-electron chi connectivity index (χ2n) is 9.25. The fraction of sp³-hybridized carbons (Fsp3) is 0.286. The van der Waals surface area contributed by atoms with Gasteiger partial charge in [-0.05, 0) is 61.5 Å². The molecule has 13 heteroatoms. The van der Waals surface area contributed by atoms with Crippen LogP contribution >= 0.6 is 35.3 Å². The van der Waals surface area contributed by atoms with Gasteiger partial charge in [0.2, 0.25) is 0 Å². The number of benzene rings is 3. The molecule has 9 nitrogen and oxygen atoms in total. The fourth-order valence-electron chi connectivity index (χ4n) is 4.46. The third-order valence-corrected chi connectivity index (χ3v) is 9.27. The number of hydrogen-bond donors (Lipinski definition) is 2. The summed E-state index contributed by atoms with van der Waals surface area (Å²) in [6, 6.07) is 18.4. The number of ether oxygens (including phenoxy) is 1. The smallest absolute Gasteiger partial charge is 0.261 e. The molecule has 4 aromatic rings. The molecular weight excluding hydrogens is 605 g/mol. The first-order valence-corrected chi connectivity index (χ1v) is 15.7. The van der Waals surface area contributed by atoms with Gasteiger partial charge in [-0.1, -0.05) is 35.1 Å². The highest BCUT2D eigenvalue weighted by molar-refractivity contribution is 7.92. The summed E-state index contributed by atoms with van der Waals surface area (Å²) in [7, 11) is -3.88. The van der Waals surface area contributed by atoms with Crippen molar-refractivity contribution in [2.45, 2.75) is 11.8 Å². The maximum atomic E-state index is 13.0. The average molecular weight is 637 g/mol. The number of nitrogens with zero attached hydrogens (tertiary/aromatic N) is 3. The van der Waals surface area contributed by atoms with Crippen molar-refractivity contribution in [1.29, 1.82) is 0 Å². The van der Waals surface area contributed by atoms with Gasteiger partial charge in [0.1, 0.15) is 5.75 Å². The Hall–Kier alpha value is -3.09. The zero-order chi connectivity index (χ0) is 28.1. The Labute approximate surface area is 254 Å². The van der Waals surface area contributed by atoms with Crippen LogP contribution in [-0.4, -0.2) is 70.1 Å². The Balaban J connectivity index is 0.00000387. The van der Waals surface area contributed by atoms with Crippen molar-refractivity contribution in [3.05, 3.63) is 77.3 Å². The second kappa shape index (κ2) is 13.7. The number of piperazine rings is 1. The molecule has 1 aromatic heterocycles. The minimum atomic E-state index is -3.88. The first kappa shape index (κ1) is 30.9. The van der Waals surface area contributed by atoms with Crippen molar-refractivity contribution in [2.75, 3.05) is 55.5 Å². The van der Waals surface area contributed by atoms with E-state index in [9.17, 15) is 13.2 Å². The van der Waals surface area contributed by atoms with Gasteiger partial charge in [-0.3, -0.25) is 14.4 Å². The van der Waals surface area contributed by atoms with Crippen LogP contribution in [0.4, 0.5) is 10.8 Å². The minimum Gasteiger partial charge on any atom is -0.494 e. The molecule has 3 aromatic carbocycles. The van der Waals surface area contributed by atoms with Crippen LogP contribution in [0.25, 0.3) is 10.2 Å². The van der Waals surface area contributed by atoms with Crippen molar-refractivity contribution in [2.24, 2.45) is 0 Å². The maximum absolute atomic E-state index is 13.0. The number of rotatable bonds is 10. The second-order valence-corrected chi connectivity index (χ2v) is 12.4. The predicted octanol–water partition coefficient (Wildman–Crippen LogP) is 5.12. The van der Waals surface area contributed by atoms with Gasteiger partial charge < -0.3 is 15.0 Å². The molecule has 41 heavy (non-hydrogen) atoms. The lowest BCUT2D eigenvalue weighted by Crippen LogP contribution is -2.48. The van der Waals surface area contributed by atoms with Crippen LogP contribution in [0.2, 0.25) is 5.02 Å². The maximum Gasteiger partial charge on any atom is 0.261 e. The van der Waals surface area contributed by atoms with E-state index in [0.29, 0.717) is 24.7 Å². The van der Waals surface area contributed by atoms with E-state index >= 15 is 0 Å². The number of thiazole rings is 1. The van der Waals surface area contributed by atoms with E-state index in [1.165, 1.54) is 24.3 Å².